The summed E-state index contributed by atoms with van der Waals surface area (Å²) < 4.78 is 0. The van der Waals surface area contributed by atoms with E-state index in [9.17, 15) is 19.5 Å². The molecule has 1 saturated carbocycles. The average Bonchev–Trinajstić information content (AvgIpc) is 2.56. The molecule has 0 amide bonds. The van der Waals surface area contributed by atoms with E-state index in [-0.39, 0.29) is 39.5 Å². The van der Waals surface area contributed by atoms with Gasteiger partial charge in [-0.05, 0) is 16.4 Å². The molecule has 0 aliphatic heterocycles. The second-order valence-corrected chi connectivity index (χ2v) is 10.0. The van der Waals surface area contributed by atoms with Gasteiger partial charge in [0.25, 0.3) is 0 Å². The largest absolute Gasteiger partial charge is 0.512 e. The highest BCUT2D eigenvalue weighted by Gasteiger charge is 2.47. The summed E-state index contributed by atoms with van der Waals surface area (Å²) >= 11 is 0. The Labute approximate surface area is 172 Å². The molecule has 4 heteroatoms. The van der Waals surface area contributed by atoms with E-state index in [1.54, 1.807) is 6.08 Å². The van der Waals surface area contributed by atoms with Gasteiger partial charge in [-0.15, -0.1) is 0 Å². The van der Waals surface area contributed by atoms with Gasteiger partial charge in [0.2, 0.25) is 0 Å². The van der Waals surface area contributed by atoms with E-state index >= 15 is 0 Å². The van der Waals surface area contributed by atoms with Gasteiger partial charge in [-0.25, -0.2) is 0 Å². The zero-order chi connectivity index (χ0) is 21.4. The molecule has 154 valence electrons. The van der Waals surface area contributed by atoms with E-state index < -0.39 is 11.8 Å². The first-order valence-electron chi connectivity index (χ1n) is 10.2. The number of carbonyl (C=O) groups excluding carboxylic acids is 3. The Morgan fingerprint density at radius 2 is 1.45 bits per heavy atom. The van der Waals surface area contributed by atoms with Gasteiger partial charge in [0, 0.05) is 37.2 Å². The van der Waals surface area contributed by atoms with Crippen LogP contribution in [-0.2, 0) is 14.4 Å². The lowest BCUT2D eigenvalue weighted by atomic mass is 9.64. The fourth-order valence-corrected chi connectivity index (χ4v) is 4.64. The summed E-state index contributed by atoms with van der Waals surface area (Å²) in [5, 5.41) is 10.8. The summed E-state index contributed by atoms with van der Waals surface area (Å²) in [6, 6.07) is 9.55. The summed E-state index contributed by atoms with van der Waals surface area (Å²) in [5.41, 5.74) is 0.453. The molecule has 1 aromatic rings. The normalized spacial score (nSPS) is 23.7. The van der Waals surface area contributed by atoms with Gasteiger partial charge in [0.1, 0.15) is 17.3 Å². The number of aliphatic hydroxyl groups is 1. The zero-order valence-electron chi connectivity index (χ0n) is 17.7. The third kappa shape index (κ3) is 4.75. The number of hydrogen-bond acceptors (Lipinski definition) is 4. The highest BCUT2D eigenvalue weighted by molar-refractivity contribution is 6.08. The van der Waals surface area contributed by atoms with E-state index in [0.29, 0.717) is 25.7 Å². The number of carbonyl (C=O) groups is 3. The Balaban J connectivity index is 2.05. The standard InChI is InChI=1S/C25H30O4/c1-24(2)12-18(26)22(19(27)13-24)17(11-10-16-8-6-5-7-9-16)23-20(28)14-25(3,4)15-21(23)29/h5-11,17,22,28H,12-15H2,1-4H3/b11-10+/t17-/m0/s1. The van der Waals surface area contributed by atoms with Crippen molar-refractivity contribution in [3.63, 3.8) is 0 Å². The lowest BCUT2D eigenvalue weighted by Crippen LogP contribution is -2.43. The van der Waals surface area contributed by atoms with Gasteiger partial charge in [-0.1, -0.05) is 70.2 Å². The predicted molar refractivity (Wildman–Crippen MR) is 113 cm³/mol. The quantitative estimate of drug-likeness (QED) is 0.722. The van der Waals surface area contributed by atoms with Crippen LogP contribution in [0.15, 0.2) is 47.7 Å². The van der Waals surface area contributed by atoms with Gasteiger partial charge in [-0.2, -0.15) is 0 Å². The number of benzene rings is 1. The Hall–Kier alpha value is -2.49. The molecule has 2 aliphatic rings. The minimum Gasteiger partial charge on any atom is -0.512 e. The van der Waals surface area contributed by atoms with Gasteiger partial charge in [0.05, 0.1) is 5.92 Å². The van der Waals surface area contributed by atoms with Crippen LogP contribution >= 0.6 is 0 Å². The van der Waals surface area contributed by atoms with Crippen molar-refractivity contribution in [1.29, 1.82) is 0 Å². The Morgan fingerprint density at radius 3 is 2.00 bits per heavy atom. The SMILES string of the molecule is CC1(C)CC(=O)C([C@H](/C=C/c2ccccc2)C2=C(O)CC(C)(C)CC2=O)C(=O)C1. The van der Waals surface area contributed by atoms with Gasteiger partial charge < -0.3 is 5.11 Å². The third-order valence-electron chi connectivity index (χ3n) is 5.88. The van der Waals surface area contributed by atoms with Crippen LogP contribution in [-0.4, -0.2) is 22.5 Å². The molecule has 1 atom stereocenters. The molecule has 0 saturated heterocycles. The Kier molecular flexibility index (Phi) is 5.66. The first-order valence-corrected chi connectivity index (χ1v) is 10.2. The fourth-order valence-electron chi connectivity index (χ4n) is 4.64. The van der Waals surface area contributed by atoms with E-state index in [2.05, 4.69) is 0 Å². The summed E-state index contributed by atoms with van der Waals surface area (Å²) in [5.74, 6) is -2.09. The number of allylic oxidation sites excluding steroid dienone is 3. The van der Waals surface area contributed by atoms with Crippen LogP contribution < -0.4 is 0 Å². The number of ketones is 3. The molecular formula is C25H30O4. The monoisotopic (exact) mass is 394 g/mol. The molecule has 0 aromatic heterocycles. The number of aliphatic hydroxyl groups excluding tert-OH is 1. The fraction of sp³-hybridized carbons (Fsp3) is 0.480. The van der Waals surface area contributed by atoms with Crippen LogP contribution in [0.5, 0.6) is 0 Å². The molecule has 0 spiro atoms. The molecule has 1 aromatic carbocycles. The molecule has 0 bridgehead atoms. The summed E-state index contributed by atoms with van der Waals surface area (Å²) in [6.45, 7) is 7.70. The second-order valence-electron chi connectivity index (χ2n) is 10.0. The van der Waals surface area contributed by atoms with E-state index in [4.69, 9.17) is 0 Å². The van der Waals surface area contributed by atoms with Crippen LogP contribution in [0.1, 0.15) is 58.9 Å². The van der Waals surface area contributed by atoms with Gasteiger partial charge in [0.15, 0.2) is 5.78 Å². The first-order chi connectivity index (χ1) is 13.5. The van der Waals surface area contributed by atoms with E-state index in [1.807, 2.05) is 64.1 Å². The maximum atomic E-state index is 13.0. The molecular weight excluding hydrogens is 364 g/mol. The van der Waals surface area contributed by atoms with E-state index in [1.165, 1.54) is 0 Å². The molecule has 29 heavy (non-hydrogen) atoms. The molecule has 0 radical (unpaired) electrons. The number of Topliss-reactive ketones (excluding diaryl/α,β-unsaturated/α-hetero) is 3. The van der Waals surface area contributed by atoms with E-state index in [0.717, 1.165) is 5.56 Å². The minimum atomic E-state index is -0.912. The molecule has 2 aliphatic carbocycles. The molecule has 3 rings (SSSR count). The highest BCUT2D eigenvalue weighted by atomic mass is 16.3. The van der Waals surface area contributed by atoms with Crippen molar-refractivity contribution < 1.29 is 19.5 Å². The summed E-state index contributed by atoms with van der Waals surface area (Å²) in [6.07, 6.45) is 4.85. The first kappa shape index (κ1) is 21.2. The van der Waals surface area contributed by atoms with Crippen LogP contribution in [0.3, 0.4) is 0 Å². The maximum absolute atomic E-state index is 13.0. The van der Waals surface area contributed by atoms with Crippen LogP contribution in [0.25, 0.3) is 6.08 Å². The summed E-state index contributed by atoms with van der Waals surface area (Å²) in [7, 11) is 0. The molecule has 0 heterocycles. The topological polar surface area (TPSA) is 71.4 Å². The van der Waals surface area contributed by atoms with Gasteiger partial charge >= 0.3 is 0 Å². The highest BCUT2D eigenvalue weighted by Crippen LogP contribution is 2.44. The average molecular weight is 395 g/mol. The van der Waals surface area contributed by atoms with Crippen molar-refractivity contribution >= 4 is 23.4 Å². The second kappa shape index (κ2) is 7.74. The smallest absolute Gasteiger partial charge is 0.163 e. The Bertz CT molecular complexity index is 867. The maximum Gasteiger partial charge on any atom is 0.163 e. The predicted octanol–water partition coefficient (Wildman–Crippen LogP) is 5.09. The van der Waals surface area contributed by atoms with Crippen LogP contribution in [0.2, 0.25) is 0 Å². The molecule has 1 N–H and O–H groups in total. The van der Waals surface area contributed by atoms with Crippen LogP contribution in [0.4, 0.5) is 0 Å². The van der Waals surface area contributed by atoms with Crippen LogP contribution in [0, 0.1) is 22.7 Å². The third-order valence-corrected chi connectivity index (χ3v) is 5.88. The lowest BCUT2D eigenvalue weighted by Gasteiger charge is -2.37. The Morgan fingerprint density at radius 1 is 0.897 bits per heavy atom. The molecule has 1 fully saturated rings. The molecule has 4 nitrogen and oxygen atoms in total. The summed E-state index contributed by atoms with van der Waals surface area (Å²) in [4.78, 5) is 39.0. The number of rotatable bonds is 4. The molecule has 0 unspecified atom stereocenters. The van der Waals surface area contributed by atoms with Crippen molar-refractivity contribution in [2.75, 3.05) is 0 Å². The van der Waals surface area contributed by atoms with Crippen molar-refractivity contribution in [3.05, 3.63) is 53.3 Å². The number of hydrogen-bond donors (Lipinski definition) is 1. The minimum absolute atomic E-state index is 0.0133. The van der Waals surface area contributed by atoms with Crippen molar-refractivity contribution in [2.45, 2.75) is 53.4 Å². The zero-order valence-corrected chi connectivity index (χ0v) is 17.7. The van der Waals surface area contributed by atoms with Crippen molar-refractivity contribution in [2.24, 2.45) is 22.7 Å². The van der Waals surface area contributed by atoms with Gasteiger partial charge in [-0.3, -0.25) is 14.4 Å². The van der Waals surface area contributed by atoms with Crippen molar-refractivity contribution in [1.82, 2.24) is 0 Å². The van der Waals surface area contributed by atoms with Crippen molar-refractivity contribution in [3.8, 4) is 0 Å². The lowest BCUT2D eigenvalue weighted by molar-refractivity contribution is -0.140.